The van der Waals surface area contributed by atoms with Crippen molar-refractivity contribution in [2.24, 2.45) is 0 Å². The van der Waals surface area contributed by atoms with E-state index in [2.05, 4.69) is 15.9 Å². The quantitative estimate of drug-likeness (QED) is 0.669. The number of halogens is 5. The first kappa shape index (κ1) is 12.4. The van der Waals surface area contributed by atoms with Crippen LogP contribution >= 0.6 is 15.9 Å². The molecule has 1 rings (SSSR count). The van der Waals surface area contributed by atoms with Crippen molar-refractivity contribution < 1.29 is 17.6 Å². The molecule has 0 radical (unpaired) electrons. The molecule has 1 aromatic rings. The predicted octanol–water partition coefficient (Wildman–Crippen LogP) is 3.97. The van der Waals surface area contributed by atoms with E-state index in [0.717, 1.165) is 4.47 Å². The monoisotopic (exact) mass is 258 g/mol. The Morgan fingerprint density at radius 3 is 1.38 bits per heavy atom. The van der Waals surface area contributed by atoms with Gasteiger partial charge in [-0.2, -0.15) is 0 Å². The van der Waals surface area contributed by atoms with Gasteiger partial charge in [0.05, 0.1) is 0 Å². The van der Waals surface area contributed by atoms with Crippen LogP contribution < -0.4 is 0 Å². The van der Waals surface area contributed by atoms with Crippen molar-refractivity contribution in [1.82, 2.24) is 0 Å². The van der Waals surface area contributed by atoms with E-state index in [4.69, 9.17) is 0 Å². The molecule has 0 N–H and O–H groups in total. The summed E-state index contributed by atoms with van der Waals surface area (Å²) in [4.78, 5) is 0. The maximum atomic E-state index is 10.4. The molecule has 0 amide bonds. The van der Waals surface area contributed by atoms with E-state index in [1.807, 2.05) is 30.3 Å². The first-order valence-electron chi connectivity index (χ1n) is 3.31. The van der Waals surface area contributed by atoms with Gasteiger partial charge < -0.3 is 0 Å². The summed E-state index contributed by atoms with van der Waals surface area (Å²) < 4.78 is 42.8. The molecule has 0 aliphatic heterocycles. The maximum absolute atomic E-state index is 10.4. The van der Waals surface area contributed by atoms with E-state index in [9.17, 15) is 17.6 Å². The minimum Gasteiger partial charge on any atom is -0.204 e. The number of hydrogen-bond acceptors (Lipinski definition) is 0. The Morgan fingerprint density at radius 1 is 0.846 bits per heavy atom. The average molecular weight is 259 g/mol. The Bertz CT molecular complexity index is 207. The van der Waals surface area contributed by atoms with Gasteiger partial charge in [-0.3, -0.25) is 0 Å². The lowest BCUT2D eigenvalue weighted by Gasteiger charge is -1.89. The fourth-order valence-electron chi connectivity index (χ4n) is 0.415. The van der Waals surface area contributed by atoms with Crippen LogP contribution in [0.15, 0.2) is 34.8 Å². The van der Waals surface area contributed by atoms with Gasteiger partial charge in [0.1, 0.15) is 0 Å². The van der Waals surface area contributed by atoms with Gasteiger partial charge in [0.15, 0.2) is 0 Å². The van der Waals surface area contributed by atoms with Crippen LogP contribution in [0, 0.1) is 0 Å². The Kier molecular flexibility index (Phi) is 6.58. The average Bonchev–Trinajstić information content (AvgIpc) is 2.06. The third-order valence-corrected chi connectivity index (χ3v) is 1.45. The van der Waals surface area contributed by atoms with Crippen molar-refractivity contribution >= 4 is 15.9 Å². The highest BCUT2D eigenvalue weighted by Gasteiger charge is 2.15. The molecule has 0 atom stereocenters. The van der Waals surface area contributed by atoms with Crippen LogP contribution in [0.4, 0.5) is 17.6 Å². The topological polar surface area (TPSA) is 0 Å². The van der Waals surface area contributed by atoms with Gasteiger partial charge >= 0.3 is 0 Å². The minimum absolute atomic E-state index is 1.13. The number of alkyl halides is 4. The molecule has 0 spiro atoms. The van der Waals surface area contributed by atoms with Crippen molar-refractivity contribution in [1.29, 1.82) is 0 Å². The molecule has 0 saturated carbocycles. The zero-order valence-corrected chi connectivity index (χ0v) is 8.02. The first-order valence-corrected chi connectivity index (χ1v) is 4.10. The summed E-state index contributed by atoms with van der Waals surface area (Å²) in [6.07, 6.45) is -6.96. The highest BCUT2D eigenvalue weighted by molar-refractivity contribution is 9.10. The Labute approximate surface area is 81.7 Å². The van der Waals surface area contributed by atoms with E-state index in [1.54, 1.807) is 0 Å². The summed E-state index contributed by atoms with van der Waals surface area (Å²) in [6, 6.07) is 9.97. The number of benzene rings is 1. The Hall–Kier alpha value is -0.580. The van der Waals surface area contributed by atoms with Crippen molar-refractivity contribution in [3.8, 4) is 0 Å². The maximum Gasteiger partial charge on any atom is 0.298 e. The highest BCUT2D eigenvalue weighted by atomic mass is 79.9. The van der Waals surface area contributed by atoms with Gasteiger partial charge in [0.25, 0.3) is 12.9 Å². The van der Waals surface area contributed by atoms with Gasteiger partial charge in [0, 0.05) is 4.47 Å². The molecule has 0 bridgehead atoms. The molecule has 0 nitrogen and oxygen atoms in total. The Balaban J connectivity index is 0.000000226. The van der Waals surface area contributed by atoms with E-state index in [-0.39, 0.29) is 0 Å². The first-order chi connectivity index (χ1) is 6.04. The van der Waals surface area contributed by atoms with Crippen molar-refractivity contribution in [2.75, 3.05) is 0 Å². The van der Waals surface area contributed by atoms with E-state index in [0.29, 0.717) is 0 Å². The zero-order valence-electron chi connectivity index (χ0n) is 6.43. The van der Waals surface area contributed by atoms with Gasteiger partial charge in [-0.15, -0.1) is 0 Å². The molecule has 13 heavy (non-hydrogen) atoms. The molecule has 0 heterocycles. The fourth-order valence-corrected chi connectivity index (χ4v) is 0.720. The van der Waals surface area contributed by atoms with Crippen LogP contribution in [-0.4, -0.2) is 12.9 Å². The normalized spacial score (nSPS) is 9.77. The molecule has 1 aromatic carbocycles. The SMILES string of the molecule is Brc1ccccc1.FC(F)C(F)F. The van der Waals surface area contributed by atoms with Gasteiger partial charge in [-0.1, -0.05) is 34.1 Å². The zero-order chi connectivity index (χ0) is 10.3. The summed E-state index contributed by atoms with van der Waals surface area (Å²) in [5, 5.41) is 0. The van der Waals surface area contributed by atoms with Crippen LogP contribution in [0.3, 0.4) is 0 Å². The summed E-state index contributed by atoms with van der Waals surface area (Å²) in [6.45, 7) is 0. The largest absolute Gasteiger partial charge is 0.298 e. The summed E-state index contributed by atoms with van der Waals surface area (Å²) in [7, 11) is 0. The molecule has 0 aliphatic rings. The molecular weight excluding hydrogens is 252 g/mol. The summed E-state index contributed by atoms with van der Waals surface area (Å²) in [5.41, 5.74) is 0. The standard InChI is InChI=1S/C6H5Br.C2H2F4/c7-6-4-2-1-3-5-6;3-1(4)2(5)6/h1-5H;1-2H. The third kappa shape index (κ3) is 7.77. The lowest BCUT2D eigenvalue weighted by atomic mass is 10.4. The highest BCUT2D eigenvalue weighted by Crippen LogP contribution is 2.05. The third-order valence-electron chi connectivity index (χ3n) is 0.924. The van der Waals surface area contributed by atoms with Gasteiger partial charge in [-0.25, -0.2) is 17.6 Å². The van der Waals surface area contributed by atoms with Crippen LogP contribution in [0.25, 0.3) is 0 Å². The number of hydrogen-bond donors (Lipinski definition) is 0. The van der Waals surface area contributed by atoms with Crippen LogP contribution in [0.1, 0.15) is 0 Å². The second-order valence-electron chi connectivity index (χ2n) is 1.96. The molecule has 0 fully saturated rings. The smallest absolute Gasteiger partial charge is 0.204 e. The summed E-state index contributed by atoms with van der Waals surface area (Å²) in [5.74, 6) is 0. The second kappa shape index (κ2) is 6.88. The summed E-state index contributed by atoms with van der Waals surface area (Å²) >= 11 is 3.31. The molecule has 0 saturated heterocycles. The lowest BCUT2D eigenvalue weighted by molar-refractivity contribution is -0.0278. The van der Waals surface area contributed by atoms with Crippen molar-refractivity contribution in [3.05, 3.63) is 34.8 Å². The minimum atomic E-state index is -3.48. The second-order valence-corrected chi connectivity index (χ2v) is 2.88. The molecule has 0 aromatic heterocycles. The molecule has 0 unspecified atom stereocenters. The van der Waals surface area contributed by atoms with Crippen LogP contribution in [0.2, 0.25) is 0 Å². The molecule has 0 aliphatic carbocycles. The molecule has 5 heteroatoms. The lowest BCUT2D eigenvalue weighted by Crippen LogP contribution is -2.02. The Morgan fingerprint density at radius 2 is 1.23 bits per heavy atom. The van der Waals surface area contributed by atoms with Gasteiger partial charge in [0.2, 0.25) is 0 Å². The van der Waals surface area contributed by atoms with E-state index in [1.165, 1.54) is 0 Å². The van der Waals surface area contributed by atoms with Crippen LogP contribution in [-0.2, 0) is 0 Å². The van der Waals surface area contributed by atoms with Crippen molar-refractivity contribution in [2.45, 2.75) is 12.9 Å². The number of rotatable bonds is 1. The molecular formula is C8H7BrF4. The molecule has 74 valence electrons. The van der Waals surface area contributed by atoms with E-state index >= 15 is 0 Å². The fraction of sp³-hybridized carbons (Fsp3) is 0.250. The van der Waals surface area contributed by atoms with Crippen molar-refractivity contribution in [3.63, 3.8) is 0 Å². The van der Waals surface area contributed by atoms with Crippen LogP contribution in [0.5, 0.6) is 0 Å². The predicted molar refractivity (Wildman–Crippen MR) is 46.2 cm³/mol. The van der Waals surface area contributed by atoms with Gasteiger partial charge in [-0.05, 0) is 12.1 Å². The van der Waals surface area contributed by atoms with E-state index < -0.39 is 12.9 Å².